The number of amides is 1. The van der Waals surface area contributed by atoms with Gasteiger partial charge in [0.1, 0.15) is 5.69 Å². The number of nitrogens with one attached hydrogen (secondary N) is 1. The van der Waals surface area contributed by atoms with Crippen molar-refractivity contribution < 1.29 is 4.79 Å². The molecule has 5 heteroatoms. The van der Waals surface area contributed by atoms with Crippen molar-refractivity contribution >= 4 is 43.4 Å². The first-order valence-corrected chi connectivity index (χ1v) is 10.5. The molecule has 1 N–H and O–H groups in total. The molecule has 3 nitrogen and oxygen atoms in total. The Kier molecular flexibility index (Phi) is 5.14. The van der Waals surface area contributed by atoms with Gasteiger partial charge in [0.2, 0.25) is 0 Å². The average Bonchev–Trinajstić information content (AvgIpc) is 3.24. The summed E-state index contributed by atoms with van der Waals surface area (Å²) in [6.07, 6.45) is 0. The summed E-state index contributed by atoms with van der Waals surface area (Å²) < 4.78 is 4.22. The first kappa shape index (κ1) is 18.0. The highest BCUT2D eigenvalue weighted by Gasteiger charge is 2.20. The normalized spacial score (nSPS) is 12.2. The second kappa shape index (κ2) is 7.71. The number of thiophene rings is 1. The van der Waals surface area contributed by atoms with Crippen LogP contribution in [0.15, 0.2) is 76.6 Å². The minimum absolute atomic E-state index is 0.0553. The van der Waals surface area contributed by atoms with Crippen LogP contribution in [0.5, 0.6) is 0 Å². The maximum atomic E-state index is 13.1. The van der Waals surface area contributed by atoms with Gasteiger partial charge >= 0.3 is 0 Å². The number of halogens is 1. The molecule has 0 saturated carbocycles. The molecular formula is C22H19BrN2OS. The Balaban J connectivity index is 1.68. The maximum absolute atomic E-state index is 13.1. The number of rotatable bonds is 5. The summed E-state index contributed by atoms with van der Waals surface area (Å²) in [6.45, 7) is 2.66. The molecule has 1 amide bonds. The lowest BCUT2D eigenvalue weighted by Crippen LogP contribution is -2.28. The molecule has 0 saturated heterocycles. The molecule has 1 atom stereocenters. The first-order chi connectivity index (χ1) is 13.1. The molecule has 0 spiro atoms. The molecule has 4 rings (SSSR count). The molecule has 0 aliphatic rings. The second-order valence-electron chi connectivity index (χ2n) is 6.50. The number of benzene rings is 2. The van der Waals surface area contributed by atoms with Crippen molar-refractivity contribution in [2.45, 2.75) is 19.5 Å². The van der Waals surface area contributed by atoms with E-state index in [1.165, 1.54) is 5.56 Å². The fraction of sp³-hybridized carbons (Fsp3) is 0.136. The average molecular weight is 439 g/mol. The minimum Gasteiger partial charge on any atom is -0.344 e. The van der Waals surface area contributed by atoms with E-state index in [-0.39, 0.29) is 11.9 Å². The Morgan fingerprint density at radius 2 is 1.78 bits per heavy atom. The van der Waals surface area contributed by atoms with Gasteiger partial charge in [0.15, 0.2) is 0 Å². The predicted octanol–water partition coefficient (Wildman–Crippen LogP) is 6.00. The van der Waals surface area contributed by atoms with Crippen molar-refractivity contribution in [2.24, 2.45) is 0 Å². The van der Waals surface area contributed by atoms with E-state index in [4.69, 9.17) is 0 Å². The van der Waals surface area contributed by atoms with E-state index in [9.17, 15) is 4.79 Å². The van der Waals surface area contributed by atoms with Crippen LogP contribution in [0.1, 0.15) is 34.6 Å². The monoisotopic (exact) mass is 438 g/mol. The van der Waals surface area contributed by atoms with Gasteiger partial charge in [0.25, 0.3) is 5.91 Å². The molecule has 27 heavy (non-hydrogen) atoms. The molecule has 136 valence electrons. The predicted molar refractivity (Wildman–Crippen MR) is 115 cm³/mol. The zero-order valence-corrected chi connectivity index (χ0v) is 17.3. The molecule has 4 aromatic rings. The molecule has 2 heterocycles. The Morgan fingerprint density at radius 1 is 1.11 bits per heavy atom. The summed E-state index contributed by atoms with van der Waals surface area (Å²) in [4.78, 5) is 13.1. The zero-order chi connectivity index (χ0) is 18.8. The fourth-order valence-corrected chi connectivity index (χ4v) is 4.94. The summed E-state index contributed by atoms with van der Waals surface area (Å²) in [5, 5.41) is 5.21. The summed E-state index contributed by atoms with van der Waals surface area (Å²) in [7, 11) is 0. The van der Waals surface area contributed by atoms with Crippen LogP contribution in [0, 0.1) is 0 Å². The van der Waals surface area contributed by atoms with Crippen LogP contribution in [0.25, 0.3) is 10.2 Å². The number of carbonyl (C=O) groups is 1. The largest absolute Gasteiger partial charge is 0.344 e. The highest BCUT2D eigenvalue weighted by Crippen LogP contribution is 2.34. The van der Waals surface area contributed by atoms with E-state index < -0.39 is 0 Å². The number of hydrogen-bond acceptors (Lipinski definition) is 2. The summed E-state index contributed by atoms with van der Waals surface area (Å²) >= 11 is 5.28. The van der Waals surface area contributed by atoms with E-state index in [1.54, 1.807) is 11.3 Å². The van der Waals surface area contributed by atoms with Crippen LogP contribution in [-0.4, -0.2) is 10.5 Å². The lowest BCUT2D eigenvalue weighted by molar-refractivity contribution is 0.0931. The lowest BCUT2D eigenvalue weighted by atomic mass is 10.1. The van der Waals surface area contributed by atoms with Gasteiger partial charge in [-0.05, 0) is 40.0 Å². The molecule has 2 aromatic carbocycles. The smallest absolute Gasteiger partial charge is 0.268 e. The van der Waals surface area contributed by atoms with Crippen molar-refractivity contribution in [3.8, 4) is 0 Å². The Labute approximate surface area is 170 Å². The van der Waals surface area contributed by atoms with Gasteiger partial charge in [-0.25, -0.2) is 0 Å². The summed E-state index contributed by atoms with van der Waals surface area (Å²) in [6, 6.07) is 22.2. The second-order valence-corrected chi connectivity index (χ2v) is 8.27. The van der Waals surface area contributed by atoms with Crippen molar-refractivity contribution in [2.75, 3.05) is 0 Å². The molecule has 0 unspecified atom stereocenters. The number of carbonyl (C=O) groups excluding carboxylic acids is 1. The fourth-order valence-electron chi connectivity index (χ4n) is 3.25. The van der Waals surface area contributed by atoms with Gasteiger partial charge in [-0.1, -0.05) is 60.7 Å². The molecule has 0 aliphatic heterocycles. The van der Waals surface area contributed by atoms with E-state index in [0.29, 0.717) is 12.2 Å². The van der Waals surface area contributed by atoms with E-state index in [1.807, 2.05) is 61.5 Å². The van der Waals surface area contributed by atoms with Crippen molar-refractivity contribution in [3.05, 3.63) is 93.4 Å². The van der Waals surface area contributed by atoms with Gasteiger partial charge in [0.05, 0.1) is 20.7 Å². The summed E-state index contributed by atoms with van der Waals surface area (Å²) in [5.74, 6) is -0.0578. The van der Waals surface area contributed by atoms with E-state index >= 15 is 0 Å². The van der Waals surface area contributed by atoms with Crippen molar-refractivity contribution in [1.82, 2.24) is 9.88 Å². The van der Waals surface area contributed by atoms with Crippen LogP contribution in [-0.2, 0) is 6.54 Å². The topological polar surface area (TPSA) is 34.0 Å². The number of nitrogens with zero attached hydrogens (tertiary/aromatic N) is 1. The SMILES string of the molecule is C[C@@H](NC(=O)c1cc2scc(Br)c2n1Cc1ccccc1)c1ccccc1. The Morgan fingerprint density at radius 3 is 2.48 bits per heavy atom. The van der Waals surface area contributed by atoms with Gasteiger partial charge < -0.3 is 9.88 Å². The quantitative estimate of drug-likeness (QED) is 0.406. The molecule has 0 fully saturated rings. The van der Waals surface area contributed by atoms with Crippen LogP contribution in [0.4, 0.5) is 0 Å². The van der Waals surface area contributed by atoms with Crippen molar-refractivity contribution in [1.29, 1.82) is 0 Å². The number of fused-ring (bicyclic) bond motifs is 1. The van der Waals surface area contributed by atoms with Crippen molar-refractivity contribution in [3.63, 3.8) is 0 Å². The highest BCUT2D eigenvalue weighted by molar-refractivity contribution is 9.10. The third-order valence-corrected chi connectivity index (χ3v) is 6.47. The highest BCUT2D eigenvalue weighted by atomic mass is 79.9. The maximum Gasteiger partial charge on any atom is 0.268 e. The van der Waals surface area contributed by atoms with E-state index in [2.05, 4.69) is 43.3 Å². The zero-order valence-electron chi connectivity index (χ0n) is 14.9. The van der Waals surface area contributed by atoms with Crippen LogP contribution >= 0.6 is 27.3 Å². The third kappa shape index (κ3) is 3.70. The minimum atomic E-state index is -0.0578. The standard InChI is InChI=1S/C22H19BrN2OS/c1-15(17-10-6-3-7-11-17)24-22(26)19-12-20-21(18(23)14-27-20)25(19)13-16-8-4-2-5-9-16/h2-12,14-15H,13H2,1H3,(H,24,26)/t15-/m1/s1. The van der Waals surface area contributed by atoms with Gasteiger partial charge in [-0.3, -0.25) is 4.79 Å². The summed E-state index contributed by atoms with van der Waals surface area (Å²) in [5.41, 5.74) is 4.01. The Hall–Kier alpha value is -2.37. The molecule has 2 aromatic heterocycles. The number of hydrogen-bond donors (Lipinski definition) is 1. The van der Waals surface area contributed by atoms with Crippen LogP contribution < -0.4 is 5.32 Å². The van der Waals surface area contributed by atoms with Crippen LogP contribution in [0.2, 0.25) is 0 Å². The van der Waals surface area contributed by atoms with Crippen LogP contribution in [0.3, 0.4) is 0 Å². The third-order valence-electron chi connectivity index (χ3n) is 4.64. The first-order valence-electron chi connectivity index (χ1n) is 8.79. The molecule has 0 bridgehead atoms. The molecule has 0 radical (unpaired) electrons. The molecular weight excluding hydrogens is 420 g/mol. The van der Waals surface area contributed by atoms with Gasteiger partial charge in [-0.2, -0.15) is 0 Å². The number of aromatic nitrogens is 1. The van der Waals surface area contributed by atoms with Gasteiger partial charge in [-0.15, -0.1) is 11.3 Å². The van der Waals surface area contributed by atoms with E-state index in [0.717, 1.165) is 20.3 Å². The lowest BCUT2D eigenvalue weighted by Gasteiger charge is -2.16. The van der Waals surface area contributed by atoms with Gasteiger partial charge in [0, 0.05) is 11.9 Å². The Bertz CT molecular complexity index is 1070. The molecule has 0 aliphatic carbocycles.